The van der Waals surface area contributed by atoms with Crippen LogP contribution in [0.4, 0.5) is 0 Å². The topological polar surface area (TPSA) is 38.7 Å². The van der Waals surface area contributed by atoms with Gasteiger partial charge in [0.1, 0.15) is 0 Å². The van der Waals surface area contributed by atoms with Gasteiger partial charge in [0, 0.05) is 20.1 Å². The Hall–Kier alpha value is -0.900. The van der Waals surface area contributed by atoms with Crippen LogP contribution < -0.4 is 0 Å². The first-order chi connectivity index (χ1) is 6.86. The molecule has 1 aromatic rings. The van der Waals surface area contributed by atoms with Gasteiger partial charge in [0.25, 0.3) is 0 Å². The third-order valence-corrected chi connectivity index (χ3v) is 1.91. The number of hydrogen-bond acceptors (Lipinski definition) is 3. The molecule has 14 heavy (non-hydrogen) atoms. The largest absolute Gasteiger partial charge is 0.396 e. The third kappa shape index (κ3) is 3.87. The predicted molar refractivity (Wildman–Crippen MR) is 53.7 cm³/mol. The van der Waals surface area contributed by atoms with Crippen LogP contribution in [-0.4, -0.2) is 25.1 Å². The molecule has 0 bridgehead atoms. The highest BCUT2D eigenvalue weighted by molar-refractivity contribution is 5.13. The monoisotopic (exact) mass is 196 g/mol. The van der Waals surface area contributed by atoms with Crippen molar-refractivity contribution in [2.24, 2.45) is 0 Å². The Morgan fingerprint density at radius 1 is 1.29 bits per heavy atom. The quantitative estimate of drug-likeness (QED) is 0.702. The maximum absolute atomic E-state index is 8.70. The lowest BCUT2D eigenvalue weighted by Crippen LogP contribution is -2.16. The minimum atomic E-state index is -0.319. The predicted octanol–water partition coefficient (Wildman–Crippen LogP) is 1.56. The summed E-state index contributed by atoms with van der Waals surface area (Å²) in [5, 5.41) is 8.70. The van der Waals surface area contributed by atoms with Crippen LogP contribution in [-0.2, 0) is 16.1 Å². The molecule has 0 aliphatic rings. The van der Waals surface area contributed by atoms with E-state index in [9.17, 15) is 0 Å². The number of aliphatic hydroxyl groups is 1. The summed E-state index contributed by atoms with van der Waals surface area (Å²) in [5.74, 6) is 0. The van der Waals surface area contributed by atoms with E-state index in [4.69, 9.17) is 14.6 Å². The van der Waals surface area contributed by atoms with Crippen LogP contribution in [0.5, 0.6) is 0 Å². The van der Waals surface area contributed by atoms with Crippen LogP contribution in [0.3, 0.4) is 0 Å². The second kappa shape index (κ2) is 6.54. The molecule has 0 spiro atoms. The molecular formula is C11H16O3. The van der Waals surface area contributed by atoms with Crippen molar-refractivity contribution >= 4 is 0 Å². The molecular weight excluding hydrogens is 180 g/mol. The molecule has 1 aromatic carbocycles. The van der Waals surface area contributed by atoms with Gasteiger partial charge in [0.05, 0.1) is 6.61 Å². The summed E-state index contributed by atoms with van der Waals surface area (Å²) in [6.45, 7) is 0.590. The van der Waals surface area contributed by atoms with Crippen molar-refractivity contribution in [3.63, 3.8) is 0 Å². The first-order valence-electron chi connectivity index (χ1n) is 4.66. The molecule has 0 aromatic heterocycles. The maximum Gasteiger partial charge on any atom is 0.159 e. The van der Waals surface area contributed by atoms with Gasteiger partial charge in [0.15, 0.2) is 6.29 Å². The van der Waals surface area contributed by atoms with Crippen LogP contribution in [0.15, 0.2) is 30.3 Å². The molecule has 0 aliphatic heterocycles. The summed E-state index contributed by atoms with van der Waals surface area (Å²) >= 11 is 0. The average Bonchev–Trinajstić information content (AvgIpc) is 2.25. The van der Waals surface area contributed by atoms with Gasteiger partial charge in [-0.3, -0.25) is 0 Å². The highest BCUT2D eigenvalue weighted by Gasteiger charge is 2.05. The number of rotatable bonds is 6. The fraction of sp³-hybridized carbons (Fsp3) is 0.455. The summed E-state index contributed by atoms with van der Waals surface area (Å²) in [5.41, 5.74) is 1.10. The van der Waals surface area contributed by atoms with Gasteiger partial charge in [-0.25, -0.2) is 0 Å². The zero-order valence-corrected chi connectivity index (χ0v) is 8.35. The smallest absolute Gasteiger partial charge is 0.159 e. The minimum absolute atomic E-state index is 0.0767. The summed E-state index contributed by atoms with van der Waals surface area (Å²) in [6, 6.07) is 9.88. The molecule has 0 saturated carbocycles. The first kappa shape index (κ1) is 11.2. The number of aliphatic hydroxyl groups excluding tert-OH is 1. The number of benzene rings is 1. The van der Waals surface area contributed by atoms with Crippen molar-refractivity contribution in [2.45, 2.75) is 19.3 Å². The van der Waals surface area contributed by atoms with Crippen molar-refractivity contribution in [1.82, 2.24) is 0 Å². The summed E-state index contributed by atoms with van der Waals surface area (Å²) in [7, 11) is 1.57. The lowest BCUT2D eigenvalue weighted by atomic mass is 10.2. The Labute approximate surface area is 84.3 Å². The third-order valence-electron chi connectivity index (χ3n) is 1.91. The molecule has 1 rings (SSSR count). The fourth-order valence-electron chi connectivity index (χ4n) is 1.14. The Balaban J connectivity index is 2.32. The Bertz CT molecular complexity index is 236. The number of hydrogen-bond donors (Lipinski definition) is 1. The van der Waals surface area contributed by atoms with Crippen molar-refractivity contribution in [3.05, 3.63) is 35.9 Å². The zero-order valence-electron chi connectivity index (χ0n) is 8.35. The highest BCUT2D eigenvalue weighted by atomic mass is 16.7. The second-order valence-electron chi connectivity index (χ2n) is 2.97. The molecule has 1 atom stereocenters. The maximum atomic E-state index is 8.70. The van der Waals surface area contributed by atoms with Gasteiger partial charge in [-0.1, -0.05) is 30.3 Å². The standard InChI is InChI=1S/C11H16O3/c1-13-11(7-8-12)14-9-10-5-3-2-4-6-10/h2-6,11-12H,7-9H2,1H3. The number of methoxy groups -OCH3 is 1. The van der Waals surface area contributed by atoms with Crippen LogP contribution in [0.1, 0.15) is 12.0 Å². The zero-order chi connectivity index (χ0) is 10.2. The molecule has 1 unspecified atom stereocenters. The molecule has 0 heterocycles. The normalized spacial score (nSPS) is 12.7. The average molecular weight is 196 g/mol. The van der Waals surface area contributed by atoms with E-state index in [0.717, 1.165) is 5.56 Å². The van der Waals surface area contributed by atoms with Crippen molar-refractivity contribution in [3.8, 4) is 0 Å². The van der Waals surface area contributed by atoms with Gasteiger partial charge < -0.3 is 14.6 Å². The molecule has 0 aliphatic carbocycles. The molecule has 3 heteroatoms. The van der Waals surface area contributed by atoms with Gasteiger partial charge in [0.2, 0.25) is 0 Å². The van der Waals surface area contributed by atoms with Crippen molar-refractivity contribution in [2.75, 3.05) is 13.7 Å². The molecule has 0 saturated heterocycles. The van der Waals surface area contributed by atoms with Gasteiger partial charge >= 0.3 is 0 Å². The SMILES string of the molecule is COC(CCO)OCc1ccccc1. The van der Waals surface area contributed by atoms with E-state index >= 15 is 0 Å². The van der Waals surface area contributed by atoms with Crippen LogP contribution in [0, 0.1) is 0 Å². The van der Waals surface area contributed by atoms with Gasteiger partial charge in [-0.2, -0.15) is 0 Å². The lowest BCUT2D eigenvalue weighted by molar-refractivity contribution is -0.139. The van der Waals surface area contributed by atoms with E-state index in [0.29, 0.717) is 13.0 Å². The molecule has 3 nitrogen and oxygen atoms in total. The van der Waals surface area contributed by atoms with E-state index in [1.54, 1.807) is 7.11 Å². The van der Waals surface area contributed by atoms with E-state index in [2.05, 4.69) is 0 Å². The van der Waals surface area contributed by atoms with Crippen LogP contribution >= 0.6 is 0 Å². The second-order valence-corrected chi connectivity index (χ2v) is 2.97. The molecule has 78 valence electrons. The summed E-state index contributed by atoms with van der Waals surface area (Å²) in [6.07, 6.45) is 0.184. The Kier molecular flexibility index (Phi) is 5.22. The van der Waals surface area contributed by atoms with E-state index in [-0.39, 0.29) is 12.9 Å². The molecule has 0 fully saturated rings. The van der Waals surface area contributed by atoms with Crippen LogP contribution in [0.2, 0.25) is 0 Å². The Morgan fingerprint density at radius 2 is 2.00 bits per heavy atom. The fourth-order valence-corrected chi connectivity index (χ4v) is 1.14. The Morgan fingerprint density at radius 3 is 2.57 bits per heavy atom. The highest BCUT2D eigenvalue weighted by Crippen LogP contribution is 2.05. The van der Waals surface area contributed by atoms with Crippen molar-refractivity contribution < 1.29 is 14.6 Å². The first-order valence-corrected chi connectivity index (χ1v) is 4.66. The van der Waals surface area contributed by atoms with E-state index < -0.39 is 0 Å². The molecule has 0 radical (unpaired) electrons. The number of ether oxygens (including phenoxy) is 2. The summed E-state index contributed by atoms with van der Waals surface area (Å²) in [4.78, 5) is 0. The van der Waals surface area contributed by atoms with E-state index in [1.807, 2.05) is 30.3 Å². The van der Waals surface area contributed by atoms with Gasteiger partial charge in [-0.15, -0.1) is 0 Å². The summed E-state index contributed by atoms with van der Waals surface area (Å²) < 4.78 is 10.5. The van der Waals surface area contributed by atoms with Crippen LogP contribution in [0.25, 0.3) is 0 Å². The molecule has 0 amide bonds. The van der Waals surface area contributed by atoms with Gasteiger partial charge in [-0.05, 0) is 5.56 Å². The van der Waals surface area contributed by atoms with E-state index in [1.165, 1.54) is 0 Å². The minimum Gasteiger partial charge on any atom is -0.396 e. The van der Waals surface area contributed by atoms with Crippen molar-refractivity contribution in [1.29, 1.82) is 0 Å². The lowest BCUT2D eigenvalue weighted by Gasteiger charge is -2.14. The molecule has 1 N–H and O–H groups in total.